The molecule has 114 valence electrons. The van der Waals surface area contributed by atoms with Crippen molar-refractivity contribution >= 4 is 12.4 Å². The summed E-state index contributed by atoms with van der Waals surface area (Å²) in [5.41, 5.74) is 0.555. The highest BCUT2D eigenvalue weighted by Crippen LogP contribution is 2.33. The summed E-state index contributed by atoms with van der Waals surface area (Å²) in [6, 6.07) is 9.91. The maximum Gasteiger partial charge on any atom is 0.410 e. The fourth-order valence-electron chi connectivity index (χ4n) is 2.65. The van der Waals surface area contributed by atoms with Crippen LogP contribution < -0.4 is 0 Å². The van der Waals surface area contributed by atoms with Crippen LogP contribution in [0, 0.1) is 5.92 Å². The number of hydrogen-bond acceptors (Lipinski definition) is 3. The molecule has 0 spiro atoms. The summed E-state index contributed by atoms with van der Waals surface area (Å²) in [5, 5.41) is 0. The molecule has 0 aliphatic carbocycles. The zero-order valence-electron chi connectivity index (χ0n) is 12.9. The van der Waals surface area contributed by atoms with E-state index in [1.807, 2.05) is 51.1 Å². The summed E-state index contributed by atoms with van der Waals surface area (Å²) in [4.78, 5) is 25.2. The summed E-state index contributed by atoms with van der Waals surface area (Å²) in [7, 11) is 0. The molecule has 1 aliphatic rings. The van der Waals surface area contributed by atoms with Crippen LogP contribution in [0.4, 0.5) is 4.79 Å². The number of carbonyl (C=O) groups is 2. The van der Waals surface area contributed by atoms with Crippen molar-refractivity contribution in [1.82, 2.24) is 4.90 Å². The predicted octanol–water partition coefficient (Wildman–Crippen LogP) is 3.57. The van der Waals surface area contributed by atoms with Gasteiger partial charge in [0, 0.05) is 12.5 Å². The Hall–Kier alpha value is -1.84. The number of hydrogen-bond donors (Lipinski definition) is 0. The van der Waals surface area contributed by atoms with Crippen molar-refractivity contribution in [3.05, 3.63) is 35.9 Å². The molecule has 1 heterocycles. The Morgan fingerprint density at radius 1 is 1.24 bits per heavy atom. The third kappa shape index (κ3) is 4.06. The minimum Gasteiger partial charge on any atom is -0.444 e. The third-order valence-corrected chi connectivity index (χ3v) is 3.62. The largest absolute Gasteiger partial charge is 0.444 e. The van der Waals surface area contributed by atoms with Crippen molar-refractivity contribution in [3.8, 4) is 0 Å². The van der Waals surface area contributed by atoms with Gasteiger partial charge >= 0.3 is 6.09 Å². The average Bonchev–Trinajstić information content (AvgIpc) is 2.45. The molecular weight excluding hydrogens is 266 g/mol. The minimum absolute atomic E-state index is 0.0164. The smallest absolute Gasteiger partial charge is 0.410 e. The molecule has 1 aromatic rings. The van der Waals surface area contributed by atoms with E-state index in [0.29, 0.717) is 6.54 Å². The number of ether oxygens (including phenoxy) is 1. The van der Waals surface area contributed by atoms with Gasteiger partial charge in [-0.05, 0) is 39.2 Å². The second-order valence-electron chi connectivity index (χ2n) is 6.53. The lowest BCUT2D eigenvalue weighted by Crippen LogP contribution is -2.45. The van der Waals surface area contributed by atoms with E-state index >= 15 is 0 Å². The minimum atomic E-state index is -0.535. The molecule has 0 N–H and O–H groups in total. The summed E-state index contributed by atoms with van der Waals surface area (Å²) in [5.74, 6) is -0.0996. The topological polar surface area (TPSA) is 46.6 Å². The molecule has 2 atom stereocenters. The van der Waals surface area contributed by atoms with Crippen LogP contribution in [0.3, 0.4) is 0 Å². The molecule has 4 nitrogen and oxygen atoms in total. The number of amides is 1. The van der Waals surface area contributed by atoms with Crippen LogP contribution in [0.15, 0.2) is 30.3 Å². The number of nitrogens with zero attached hydrogens (tertiary/aromatic N) is 1. The van der Waals surface area contributed by atoms with Crippen molar-refractivity contribution in [3.63, 3.8) is 0 Å². The second-order valence-corrected chi connectivity index (χ2v) is 6.53. The van der Waals surface area contributed by atoms with Crippen LogP contribution in [0.1, 0.15) is 45.2 Å². The molecule has 1 aliphatic heterocycles. The van der Waals surface area contributed by atoms with Gasteiger partial charge in [0.25, 0.3) is 0 Å². The van der Waals surface area contributed by atoms with Crippen LogP contribution in [-0.2, 0) is 9.53 Å². The number of piperidine rings is 1. The van der Waals surface area contributed by atoms with Crippen LogP contribution in [-0.4, -0.2) is 29.4 Å². The summed E-state index contributed by atoms with van der Waals surface area (Å²) in [6.45, 7) is 5.98. The highest BCUT2D eigenvalue weighted by molar-refractivity contribution is 5.70. The van der Waals surface area contributed by atoms with Gasteiger partial charge in [0.15, 0.2) is 0 Å². The van der Waals surface area contributed by atoms with Gasteiger partial charge in [-0.2, -0.15) is 0 Å². The first kappa shape index (κ1) is 15.5. The van der Waals surface area contributed by atoms with Gasteiger partial charge in [0.05, 0.1) is 6.04 Å². The molecule has 1 fully saturated rings. The fourth-order valence-corrected chi connectivity index (χ4v) is 2.65. The van der Waals surface area contributed by atoms with Crippen LogP contribution in [0.5, 0.6) is 0 Å². The van der Waals surface area contributed by atoms with Gasteiger partial charge in [-0.25, -0.2) is 4.79 Å². The molecule has 21 heavy (non-hydrogen) atoms. The first-order chi connectivity index (χ1) is 9.90. The number of likely N-dealkylation sites (tertiary alicyclic amines) is 1. The third-order valence-electron chi connectivity index (χ3n) is 3.62. The van der Waals surface area contributed by atoms with Crippen molar-refractivity contribution in [2.24, 2.45) is 5.92 Å². The Morgan fingerprint density at radius 3 is 2.48 bits per heavy atom. The predicted molar refractivity (Wildman–Crippen MR) is 80.9 cm³/mol. The van der Waals surface area contributed by atoms with E-state index in [4.69, 9.17) is 4.74 Å². The molecule has 0 bridgehead atoms. The van der Waals surface area contributed by atoms with Crippen LogP contribution >= 0.6 is 0 Å². The standard InChI is InChI=1S/C17H23NO3/c1-17(2,3)21-16(20)18-11-13(12-19)9-10-15(18)14-7-5-4-6-8-14/h4-8,12-13,15H,9-11H2,1-3H3/t13-,15+/m1/s1. The molecule has 0 radical (unpaired) electrons. The quantitative estimate of drug-likeness (QED) is 0.782. The van der Waals surface area contributed by atoms with E-state index in [9.17, 15) is 9.59 Å². The molecule has 0 saturated carbocycles. The normalized spacial score (nSPS) is 22.7. The lowest BCUT2D eigenvalue weighted by molar-refractivity contribution is -0.113. The maximum atomic E-state index is 12.4. The Morgan fingerprint density at radius 2 is 1.90 bits per heavy atom. The average molecular weight is 289 g/mol. The summed E-state index contributed by atoms with van der Waals surface area (Å²) in [6.07, 6.45) is 2.19. The Balaban J connectivity index is 2.21. The van der Waals surface area contributed by atoms with E-state index < -0.39 is 5.60 Å². The molecule has 0 aromatic heterocycles. The highest BCUT2D eigenvalue weighted by Gasteiger charge is 2.34. The first-order valence-electron chi connectivity index (χ1n) is 7.40. The van der Waals surface area contributed by atoms with Gasteiger partial charge < -0.3 is 14.4 Å². The molecule has 1 aromatic carbocycles. The van der Waals surface area contributed by atoms with Crippen LogP contribution in [0.2, 0.25) is 0 Å². The number of benzene rings is 1. The molecule has 0 unspecified atom stereocenters. The maximum absolute atomic E-state index is 12.4. The van der Waals surface area contributed by atoms with Crippen LogP contribution in [0.25, 0.3) is 0 Å². The molecule has 1 saturated heterocycles. The van der Waals surface area contributed by atoms with Gasteiger partial charge in [0.2, 0.25) is 0 Å². The Kier molecular flexibility index (Phi) is 4.66. The van der Waals surface area contributed by atoms with E-state index in [1.165, 1.54) is 0 Å². The van der Waals surface area contributed by atoms with E-state index in [2.05, 4.69) is 0 Å². The van der Waals surface area contributed by atoms with E-state index in [-0.39, 0.29) is 18.1 Å². The van der Waals surface area contributed by atoms with Gasteiger partial charge in [-0.15, -0.1) is 0 Å². The monoisotopic (exact) mass is 289 g/mol. The van der Waals surface area contributed by atoms with Gasteiger partial charge in [0.1, 0.15) is 11.9 Å². The molecule has 1 amide bonds. The molecular formula is C17H23NO3. The van der Waals surface area contributed by atoms with Gasteiger partial charge in [-0.1, -0.05) is 30.3 Å². The zero-order valence-corrected chi connectivity index (χ0v) is 12.9. The van der Waals surface area contributed by atoms with Crippen molar-refractivity contribution in [2.75, 3.05) is 6.54 Å². The number of aldehydes is 1. The first-order valence-corrected chi connectivity index (χ1v) is 7.40. The second kappa shape index (κ2) is 6.29. The fraction of sp³-hybridized carbons (Fsp3) is 0.529. The summed E-state index contributed by atoms with van der Waals surface area (Å²) < 4.78 is 5.49. The molecule has 4 heteroatoms. The van der Waals surface area contributed by atoms with Gasteiger partial charge in [-0.3, -0.25) is 0 Å². The molecule has 2 rings (SSSR count). The highest BCUT2D eigenvalue weighted by atomic mass is 16.6. The SMILES string of the molecule is CC(C)(C)OC(=O)N1C[C@H](C=O)CC[C@H]1c1ccccc1. The van der Waals surface area contributed by atoms with Crippen molar-refractivity contribution in [1.29, 1.82) is 0 Å². The van der Waals surface area contributed by atoms with Crippen molar-refractivity contribution < 1.29 is 14.3 Å². The Bertz CT molecular complexity index is 493. The number of carbonyl (C=O) groups excluding carboxylic acids is 2. The zero-order chi connectivity index (χ0) is 15.5. The van der Waals surface area contributed by atoms with E-state index in [0.717, 1.165) is 24.7 Å². The lowest BCUT2D eigenvalue weighted by atomic mass is 9.90. The lowest BCUT2D eigenvalue weighted by Gasteiger charge is -2.39. The van der Waals surface area contributed by atoms with Crippen molar-refractivity contribution in [2.45, 2.75) is 45.3 Å². The number of rotatable bonds is 2. The Labute approximate surface area is 126 Å². The van der Waals surface area contributed by atoms with E-state index in [1.54, 1.807) is 4.90 Å². The summed E-state index contributed by atoms with van der Waals surface area (Å²) >= 11 is 0.